The number of benzene rings is 1. The molecule has 2 saturated carbocycles. The summed E-state index contributed by atoms with van der Waals surface area (Å²) in [5, 5.41) is 15.0. The van der Waals surface area contributed by atoms with Crippen LogP contribution in [0.25, 0.3) is 22.3 Å². The fraction of sp³-hybridized carbons (Fsp3) is 0.387. The van der Waals surface area contributed by atoms with Gasteiger partial charge in [0.2, 0.25) is 11.8 Å². The number of piperidine rings is 1. The highest BCUT2D eigenvalue weighted by molar-refractivity contribution is 6.23. The summed E-state index contributed by atoms with van der Waals surface area (Å²) >= 11 is 0. The van der Waals surface area contributed by atoms with Gasteiger partial charge in [-0.15, -0.1) is 0 Å². The summed E-state index contributed by atoms with van der Waals surface area (Å²) in [7, 11) is 1.92. The molecule has 0 spiro atoms. The fourth-order valence-corrected chi connectivity index (χ4v) is 6.56. The predicted molar refractivity (Wildman–Crippen MR) is 155 cm³/mol. The molecule has 1 aromatic carbocycles. The van der Waals surface area contributed by atoms with Crippen LogP contribution in [0, 0.1) is 5.92 Å². The number of nitrogens with one attached hydrogen (secondary N) is 2. The summed E-state index contributed by atoms with van der Waals surface area (Å²) in [6.45, 7) is 0.733. The van der Waals surface area contributed by atoms with Crippen molar-refractivity contribution < 1.29 is 19.2 Å². The van der Waals surface area contributed by atoms with Crippen molar-refractivity contribution in [2.45, 2.75) is 56.5 Å². The van der Waals surface area contributed by atoms with Crippen molar-refractivity contribution >= 4 is 40.3 Å². The van der Waals surface area contributed by atoms with Crippen LogP contribution in [-0.4, -0.2) is 65.7 Å². The monoisotopic (exact) mass is 578 g/mol. The topological polar surface area (TPSA) is 144 Å². The number of hydrogen-bond donors (Lipinski definition) is 2. The molecule has 12 nitrogen and oxygen atoms in total. The maximum absolute atomic E-state index is 13.1. The molecular formula is C31H30N8O4. The minimum absolute atomic E-state index is 0.0960. The Balaban J connectivity index is 0.923. The van der Waals surface area contributed by atoms with E-state index in [1.165, 1.54) is 0 Å². The lowest BCUT2D eigenvalue weighted by atomic mass is 9.80. The van der Waals surface area contributed by atoms with Gasteiger partial charge in [-0.05, 0) is 68.4 Å². The largest absolute Gasteiger partial charge is 0.385 e. The van der Waals surface area contributed by atoms with Crippen LogP contribution < -0.4 is 10.6 Å². The molecule has 12 heteroatoms. The number of rotatable bonds is 7. The van der Waals surface area contributed by atoms with Gasteiger partial charge in [-0.2, -0.15) is 10.2 Å². The number of fused-ring (bicyclic) bond motifs is 2. The Morgan fingerprint density at radius 3 is 2.58 bits per heavy atom. The number of carbonyl (C=O) groups excluding carboxylic acids is 4. The minimum Gasteiger partial charge on any atom is -0.385 e. The highest BCUT2D eigenvalue weighted by Gasteiger charge is 2.44. The molecule has 2 N–H and O–H groups in total. The molecule has 2 aliphatic heterocycles. The number of carbonyl (C=O) groups is 4. The first-order valence-electron chi connectivity index (χ1n) is 14.8. The van der Waals surface area contributed by atoms with Crippen molar-refractivity contribution in [1.29, 1.82) is 0 Å². The van der Waals surface area contributed by atoms with Gasteiger partial charge in [-0.25, -0.2) is 4.98 Å². The number of aryl methyl sites for hydroxylation is 1. The van der Waals surface area contributed by atoms with E-state index in [9.17, 15) is 19.2 Å². The smallest absolute Gasteiger partial charge is 0.262 e. The summed E-state index contributed by atoms with van der Waals surface area (Å²) in [6.07, 6.45) is 8.49. The zero-order chi connectivity index (χ0) is 29.4. The summed E-state index contributed by atoms with van der Waals surface area (Å²) in [4.78, 5) is 55.8. The maximum Gasteiger partial charge on any atom is 0.262 e. The summed E-state index contributed by atoms with van der Waals surface area (Å²) in [5.41, 5.74) is 6.38. The minimum atomic E-state index is -0.967. The Morgan fingerprint density at radius 1 is 0.977 bits per heavy atom. The van der Waals surface area contributed by atoms with Gasteiger partial charge in [0, 0.05) is 43.4 Å². The van der Waals surface area contributed by atoms with Crippen molar-refractivity contribution in [3.63, 3.8) is 0 Å². The second-order valence-corrected chi connectivity index (χ2v) is 12.1. The van der Waals surface area contributed by atoms with E-state index in [2.05, 4.69) is 38.7 Å². The molecule has 0 bridgehead atoms. The van der Waals surface area contributed by atoms with Crippen molar-refractivity contribution in [2.24, 2.45) is 13.0 Å². The van der Waals surface area contributed by atoms with Crippen LogP contribution in [0.3, 0.4) is 0 Å². The van der Waals surface area contributed by atoms with E-state index in [1.807, 2.05) is 11.7 Å². The second kappa shape index (κ2) is 9.58. The predicted octanol–water partition coefficient (Wildman–Crippen LogP) is 3.17. The number of aromatic nitrogens is 5. The van der Waals surface area contributed by atoms with E-state index in [4.69, 9.17) is 10.1 Å². The summed E-state index contributed by atoms with van der Waals surface area (Å²) in [6, 6.07) is 8.59. The molecule has 1 saturated heterocycles. The Bertz CT molecular complexity index is 1850. The maximum atomic E-state index is 13.1. The van der Waals surface area contributed by atoms with E-state index in [0.717, 1.165) is 70.8 Å². The van der Waals surface area contributed by atoms with Crippen LogP contribution >= 0.6 is 0 Å². The van der Waals surface area contributed by atoms with Crippen molar-refractivity contribution in [2.75, 3.05) is 11.9 Å². The zero-order valence-electron chi connectivity index (χ0n) is 23.6. The van der Waals surface area contributed by atoms with E-state index < -0.39 is 29.7 Å². The van der Waals surface area contributed by atoms with Crippen LogP contribution in [0.4, 0.5) is 5.69 Å². The standard InChI is InChI=1S/C31H30N8O4/c1-37-25-7-6-23(34-24(25)14-33-37)22-15-38(36-28(22)17-2-3-17)19-10-16(11-19)13-32-18-4-5-20-21(12-18)31(43)39(30(20)42)26-8-9-27(40)35-29(26)41/h4-7,12,14-17,19,26,32H,2-3,8-11,13H2,1H3,(H,35,40,41)/t16-,19-,26?. The average Bonchev–Trinajstić information content (AvgIpc) is 3.55. The molecule has 8 rings (SSSR count). The number of hydrogen-bond acceptors (Lipinski definition) is 8. The third-order valence-corrected chi connectivity index (χ3v) is 9.22. The Hall–Kier alpha value is -4.87. The van der Waals surface area contributed by atoms with Gasteiger partial charge in [0.15, 0.2) is 0 Å². The van der Waals surface area contributed by atoms with Gasteiger partial charge < -0.3 is 5.32 Å². The van der Waals surface area contributed by atoms with Gasteiger partial charge in [-0.3, -0.25) is 38.8 Å². The SMILES string of the molecule is Cn1ncc2nc(-c3cn([C@H]4C[C@H](CNc5ccc6c(c5)C(=O)N(C5CCC(=O)NC5=O)C6=O)C4)nc3C3CC3)ccc21. The molecule has 3 aromatic heterocycles. The number of imide groups is 2. The molecular weight excluding hydrogens is 548 g/mol. The molecule has 5 heterocycles. The van der Waals surface area contributed by atoms with Crippen LogP contribution in [0.5, 0.6) is 0 Å². The van der Waals surface area contributed by atoms with Crippen molar-refractivity contribution in [1.82, 2.24) is 34.8 Å². The molecule has 4 aliphatic rings. The number of nitrogens with zero attached hydrogens (tertiary/aromatic N) is 6. The summed E-state index contributed by atoms with van der Waals surface area (Å²) < 4.78 is 3.95. The number of amides is 4. The molecule has 43 heavy (non-hydrogen) atoms. The molecule has 2 aliphatic carbocycles. The van der Waals surface area contributed by atoms with Crippen molar-refractivity contribution in [3.8, 4) is 11.3 Å². The third kappa shape index (κ3) is 4.31. The van der Waals surface area contributed by atoms with E-state index in [0.29, 0.717) is 17.9 Å². The van der Waals surface area contributed by atoms with Gasteiger partial charge in [0.05, 0.1) is 40.3 Å². The lowest BCUT2D eigenvalue weighted by Gasteiger charge is -2.35. The quantitative estimate of drug-likeness (QED) is 0.318. The van der Waals surface area contributed by atoms with Crippen LogP contribution in [-0.2, 0) is 16.6 Å². The van der Waals surface area contributed by atoms with E-state index >= 15 is 0 Å². The fourth-order valence-electron chi connectivity index (χ4n) is 6.56. The van der Waals surface area contributed by atoms with Gasteiger partial charge in [0.1, 0.15) is 11.6 Å². The molecule has 4 amide bonds. The van der Waals surface area contributed by atoms with E-state index in [1.54, 1.807) is 24.4 Å². The van der Waals surface area contributed by atoms with Gasteiger partial charge >= 0.3 is 0 Å². The Morgan fingerprint density at radius 2 is 1.79 bits per heavy atom. The van der Waals surface area contributed by atoms with Crippen LogP contribution in [0.1, 0.15) is 76.9 Å². The van der Waals surface area contributed by atoms with Gasteiger partial charge in [0.25, 0.3) is 11.8 Å². The second-order valence-electron chi connectivity index (χ2n) is 12.1. The molecule has 1 atom stereocenters. The first-order valence-corrected chi connectivity index (χ1v) is 14.8. The summed E-state index contributed by atoms with van der Waals surface area (Å²) in [5.74, 6) is -1.05. The van der Waals surface area contributed by atoms with Crippen molar-refractivity contribution in [3.05, 3.63) is 59.5 Å². The normalized spacial score (nSPS) is 23.5. The van der Waals surface area contributed by atoms with Gasteiger partial charge in [-0.1, -0.05) is 0 Å². The third-order valence-electron chi connectivity index (χ3n) is 9.22. The highest BCUT2D eigenvalue weighted by Crippen LogP contribution is 2.45. The lowest BCUT2D eigenvalue weighted by Crippen LogP contribution is -2.54. The lowest BCUT2D eigenvalue weighted by molar-refractivity contribution is -0.136. The number of pyridine rings is 1. The molecule has 3 fully saturated rings. The average molecular weight is 579 g/mol. The van der Waals surface area contributed by atoms with Crippen LogP contribution in [0.15, 0.2) is 42.7 Å². The Kier molecular flexibility index (Phi) is 5.75. The molecule has 218 valence electrons. The molecule has 0 radical (unpaired) electrons. The zero-order valence-corrected chi connectivity index (χ0v) is 23.6. The Labute approximate surface area is 246 Å². The number of anilines is 1. The first kappa shape index (κ1) is 25.8. The van der Waals surface area contributed by atoms with E-state index in [-0.39, 0.29) is 24.0 Å². The molecule has 1 unspecified atom stereocenters. The first-order chi connectivity index (χ1) is 20.8. The van der Waals surface area contributed by atoms with Crippen LogP contribution in [0.2, 0.25) is 0 Å². The highest BCUT2D eigenvalue weighted by atomic mass is 16.2. The molecule has 4 aromatic rings.